The van der Waals surface area contributed by atoms with Gasteiger partial charge in [-0.2, -0.15) is 0 Å². The number of hydrogen-bond donors (Lipinski definition) is 0. The summed E-state index contributed by atoms with van der Waals surface area (Å²) in [5, 5.41) is 0. The lowest BCUT2D eigenvalue weighted by molar-refractivity contribution is -0.166. The van der Waals surface area contributed by atoms with Gasteiger partial charge in [0.25, 0.3) is 0 Å². The molecule has 67 heavy (non-hydrogen) atoms. The molecule has 0 aromatic carbocycles. The van der Waals surface area contributed by atoms with Gasteiger partial charge in [-0.05, 0) is 109 Å². The molecule has 382 valence electrons. The van der Waals surface area contributed by atoms with Gasteiger partial charge in [0, 0.05) is 19.3 Å². The van der Waals surface area contributed by atoms with Gasteiger partial charge in [0.1, 0.15) is 13.2 Å². The Kier molecular flexibility index (Phi) is 51.9. The van der Waals surface area contributed by atoms with E-state index in [2.05, 4.69) is 112 Å². The first-order valence-corrected chi connectivity index (χ1v) is 27.7. The highest BCUT2D eigenvalue weighted by atomic mass is 16.6. The number of allylic oxidation sites excluding steroid dienone is 16. The van der Waals surface area contributed by atoms with Crippen molar-refractivity contribution in [3.8, 4) is 0 Å². The van der Waals surface area contributed by atoms with E-state index in [0.717, 1.165) is 103 Å². The monoisotopic (exact) mass is 931 g/mol. The molecule has 1 unspecified atom stereocenters. The van der Waals surface area contributed by atoms with Crippen molar-refractivity contribution in [2.45, 2.75) is 258 Å². The Morgan fingerprint density at radius 1 is 0.313 bits per heavy atom. The Bertz CT molecular complexity index is 1350. The van der Waals surface area contributed by atoms with Crippen LogP contribution in [0.2, 0.25) is 0 Å². The molecule has 0 saturated heterocycles. The minimum Gasteiger partial charge on any atom is -0.462 e. The van der Waals surface area contributed by atoms with E-state index in [9.17, 15) is 14.4 Å². The number of carbonyl (C=O) groups is 3. The summed E-state index contributed by atoms with van der Waals surface area (Å²) in [6, 6.07) is 0. The zero-order valence-corrected chi connectivity index (χ0v) is 43.6. The van der Waals surface area contributed by atoms with Crippen molar-refractivity contribution in [2.75, 3.05) is 13.2 Å². The minimum absolute atomic E-state index is 0.109. The van der Waals surface area contributed by atoms with Gasteiger partial charge in [0.15, 0.2) is 6.10 Å². The number of hydrogen-bond acceptors (Lipinski definition) is 6. The Morgan fingerprint density at radius 3 is 1.00 bits per heavy atom. The maximum atomic E-state index is 12.8. The van der Waals surface area contributed by atoms with Gasteiger partial charge in [-0.25, -0.2) is 0 Å². The molecule has 0 aromatic heterocycles. The largest absolute Gasteiger partial charge is 0.462 e. The molecule has 0 aliphatic carbocycles. The van der Waals surface area contributed by atoms with Crippen LogP contribution in [-0.4, -0.2) is 37.2 Å². The van der Waals surface area contributed by atoms with Crippen LogP contribution in [-0.2, 0) is 28.6 Å². The third kappa shape index (κ3) is 53.2. The zero-order chi connectivity index (χ0) is 48.6. The Morgan fingerprint density at radius 2 is 0.612 bits per heavy atom. The second-order valence-corrected chi connectivity index (χ2v) is 18.1. The van der Waals surface area contributed by atoms with Crippen molar-refractivity contribution in [2.24, 2.45) is 0 Å². The minimum atomic E-state index is -0.816. The summed E-state index contributed by atoms with van der Waals surface area (Å²) in [5.41, 5.74) is 0. The number of esters is 3. The quantitative estimate of drug-likeness (QED) is 0.0262. The van der Waals surface area contributed by atoms with Gasteiger partial charge in [-0.3, -0.25) is 14.4 Å². The van der Waals surface area contributed by atoms with Crippen molar-refractivity contribution in [1.82, 2.24) is 0 Å². The van der Waals surface area contributed by atoms with Gasteiger partial charge in [-0.15, -0.1) is 0 Å². The van der Waals surface area contributed by atoms with Crippen LogP contribution >= 0.6 is 0 Å². The number of rotatable bonds is 49. The third-order valence-electron chi connectivity index (χ3n) is 11.6. The summed E-state index contributed by atoms with van der Waals surface area (Å²) >= 11 is 0. The molecule has 0 rings (SSSR count). The predicted octanol–water partition coefficient (Wildman–Crippen LogP) is 18.5. The van der Waals surface area contributed by atoms with Crippen molar-refractivity contribution in [3.05, 3.63) is 97.2 Å². The molecule has 0 spiro atoms. The first-order chi connectivity index (χ1) is 33.0. The molecule has 0 aliphatic heterocycles. The molecular weight excluding hydrogens is 829 g/mol. The smallest absolute Gasteiger partial charge is 0.306 e. The molecule has 0 fully saturated rings. The van der Waals surface area contributed by atoms with E-state index in [1.54, 1.807) is 0 Å². The van der Waals surface area contributed by atoms with Crippen LogP contribution in [0, 0.1) is 0 Å². The normalized spacial score (nSPS) is 12.8. The van der Waals surface area contributed by atoms with E-state index in [1.165, 1.54) is 103 Å². The van der Waals surface area contributed by atoms with E-state index >= 15 is 0 Å². The maximum absolute atomic E-state index is 12.8. The fourth-order valence-electron chi connectivity index (χ4n) is 7.40. The Hall–Kier alpha value is -3.67. The van der Waals surface area contributed by atoms with Crippen LogP contribution < -0.4 is 0 Å². The summed E-state index contributed by atoms with van der Waals surface area (Å²) in [4.78, 5) is 38.1. The highest BCUT2D eigenvalue weighted by Crippen LogP contribution is 2.14. The molecule has 1 atom stereocenters. The van der Waals surface area contributed by atoms with Crippen LogP contribution in [0.5, 0.6) is 0 Å². The Labute approximate surface area is 413 Å². The topological polar surface area (TPSA) is 78.9 Å². The lowest BCUT2D eigenvalue weighted by Gasteiger charge is -2.18. The van der Waals surface area contributed by atoms with Gasteiger partial charge in [-0.1, -0.05) is 221 Å². The van der Waals surface area contributed by atoms with E-state index in [-0.39, 0.29) is 37.5 Å². The van der Waals surface area contributed by atoms with Crippen LogP contribution in [0.3, 0.4) is 0 Å². The predicted molar refractivity (Wildman–Crippen MR) is 288 cm³/mol. The summed E-state index contributed by atoms with van der Waals surface area (Å²) < 4.78 is 16.8. The lowest BCUT2D eigenvalue weighted by atomic mass is 10.1. The zero-order valence-electron chi connectivity index (χ0n) is 43.6. The lowest BCUT2D eigenvalue weighted by Crippen LogP contribution is -2.30. The van der Waals surface area contributed by atoms with Crippen LogP contribution in [0.15, 0.2) is 97.2 Å². The highest BCUT2D eigenvalue weighted by Gasteiger charge is 2.19. The molecule has 0 aliphatic rings. The number of ether oxygens (including phenoxy) is 3. The molecule has 0 amide bonds. The summed E-state index contributed by atoms with van der Waals surface area (Å²) in [6.45, 7) is 6.44. The molecule has 0 N–H and O–H groups in total. The van der Waals surface area contributed by atoms with Crippen LogP contribution in [0.25, 0.3) is 0 Å². The average molecular weight is 931 g/mol. The van der Waals surface area contributed by atoms with Crippen LogP contribution in [0.1, 0.15) is 252 Å². The third-order valence-corrected chi connectivity index (χ3v) is 11.6. The first kappa shape index (κ1) is 63.3. The second-order valence-electron chi connectivity index (χ2n) is 18.1. The van der Waals surface area contributed by atoms with Crippen molar-refractivity contribution < 1.29 is 28.6 Å². The van der Waals surface area contributed by atoms with Crippen LogP contribution in [0.4, 0.5) is 0 Å². The van der Waals surface area contributed by atoms with Gasteiger partial charge in [0.2, 0.25) is 0 Å². The van der Waals surface area contributed by atoms with E-state index in [0.29, 0.717) is 19.3 Å². The highest BCUT2D eigenvalue weighted by molar-refractivity contribution is 5.71. The summed E-state index contributed by atoms with van der Waals surface area (Å²) in [6.07, 6.45) is 72.6. The number of unbranched alkanes of at least 4 members (excludes halogenated alkanes) is 22. The van der Waals surface area contributed by atoms with Gasteiger partial charge in [0.05, 0.1) is 0 Å². The number of carbonyl (C=O) groups excluding carboxylic acids is 3. The molecule has 0 aromatic rings. The summed E-state index contributed by atoms with van der Waals surface area (Å²) in [5.74, 6) is -1.01. The molecule has 6 nitrogen and oxygen atoms in total. The summed E-state index contributed by atoms with van der Waals surface area (Å²) in [7, 11) is 0. The maximum Gasteiger partial charge on any atom is 0.306 e. The van der Waals surface area contributed by atoms with E-state index in [4.69, 9.17) is 14.2 Å². The Balaban J connectivity index is 4.52. The fourth-order valence-corrected chi connectivity index (χ4v) is 7.40. The first-order valence-electron chi connectivity index (χ1n) is 27.7. The molecule has 0 radical (unpaired) electrons. The fraction of sp³-hybridized carbons (Fsp3) is 0.689. The molecule has 6 heteroatoms. The molecule has 0 bridgehead atoms. The molecular formula is C61H102O6. The van der Waals surface area contributed by atoms with Crippen molar-refractivity contribution in [3.63, 3.8) is 0 Å². The van der Waals surface area contributed by atoms with Gasteiger partial charge < -0.3 is 14.2 Å². The SMILES string of the molecule is CC/C=C\C/C=C\C/C=C\C/C=C\C/C=C\C/C=C\CCC(=O)OCC(COC(=O)CCCCCCC/C=C\CCCCCCC)OC(=O)CCCCCCC/C=C\CCCCCCCCC. The average Bonchev–Trinajstić information content (AvgIpc) is 3.33. The molecule has 0 saturated carbocycles. The van der Waals surface area contributed by atoms with E-state index < -0.39 is 6.10 Å². The second kappa shape index (κ2) is 54.9. The standard InChI is InChI=1S/C61H102O6/c1-4-7-10-13-16-19-22-25-28-30-31-32-34-36-39-42-45-48-51-54-60(63)66-57-58(56-65-59(62)53-50-47-44-41-38-35-27-24-21-18-15-12-9-6-3)67-61(64)55-52-49-46-43-40-37-33-29-26-23-20-17-14-11-8-5-2/h7,10,16,19,24-25,27-29,31-33,36,39,45,48,58H,4-6,8-9,11-15,17-18,20-23,26,30,34-35,37-38,40-44,46-47,49-57H2,1-3H3/b10-7-,19-16-,27-24-,28-25-,32-31-,33-29-,39-36-,48-45-. The van der Waals surface area contributed by atoms with E-state index in [1.807, 2.05) is 6.08 Å². The molecule has 0 heterocycles. The van der Waals surface area contributed by atoms with Crippen molar-refractivity contribution in [1.29, 1.82) is 0 Å². The van der Waals surface area contributed by atoms with Gasteiger partial charge >= 0.3 is 17.9 Å². The van der Waals surface area contributed by atoms with Crippen molar-refractivity contribution >= 4 is 17.9 Å².